The van der Waals surface area contributed by atoms with Crippen LogP contribution >= 0.6 is 0 Å². The standard InChI is InChI=1S/C32H35NO9S2/c1-19-5-10-22(11-6-19)43(35,36)41-32(42-44(37,38)23-12-7-20(2)8-13-23)18-24-25-17-21-9-14-26(39-4)28-27(21)31(24,15-16-33(25)3)30(40-28)29(32)34/h5-14,24-25,29-30,34H,15-18H2,1-4H3/t24-,25+,29-,30-,31-/m0/s1. The fourth-order valence-corrected chi connectivity index (χ4v) is 10.2. The molecule has 1 spiro atoms. The number of benzene rings is 3. The highest BCUT2D eigenvalue weighted by atomic mass is 32.2. The van der Waals surface area contributed by atoms with Gasteiger partial charge in [-0.15, -0.1) is 0 Å². The predicted molar refractivity (Wildman–Crippen MR) is 160 cm³/mol. The first-order valence-electron chi connectivity index (χ1n) is 14.6. The largest absolute Gasteiger partial charge is 0.493 e. The Labute approximate surface area is 257 Å². The zero-order valence-corrected chi connectivity index (χ0v) is 26.5. The topological polar surface area (TPSA) is 129 Å². The van der Waals surface area contributed by atoms with E-state index in [1.165, 1.54) is 31.4 Å². The molecule has 4 aliphatic rings. The number of hydrogen-bond donors (Lipinski definition) is 1. The molecule has 2 aliphatic carbocycles. The van der Waals surface area contributed by atoms with E-state index in [0.29, 0.717) is 30.9 Å². The molecule has 12 heteroatoms. The summed E-state index contributed by atoms with van der Waals surface area (Å²) in [6.07, 6.45) is -1.87. The molecular weight excluding hydrogens is 606 g/mol. The van der Waals surface area contributed by atoms with Crippen molar-refractivity contribution in [3.8, 4) is 11.5 Å². The van der Waals surface area contributed by atoms with Crippen molar-refractivity contribution < 1.29 is 39.8 Å². The lowest BCUT2D eigenvalue weighted by Gasteiger charge is -2.61. The van der Waals surface area contributed by atoms with E-state index in [0.717, 1.165) is 22.3 Å². The summed E-state index contributed by atoms with van der Waals surface area (Å²) >= 11 is 0. The zero-order valence-electron chi connectivity index (χ0n) is 24.9. The molecule has 2 aliphatic heterocycles. The number of ether oxygens (including phenoxy) is 2. The van der Waals surface area contributed by atoms with Crippen molar-refractivity contribution in [3.63, 3.8) is 0 Å². The van der Waals surface area contributed by atoms with E-state index >= 15 is 0 Å². The lowest BCUT2D eigenvalue weighted by molar-refractivity contribution is -0.261. The molecule has 10 nitrogen and oxygen atoms in total. The SMILES string of the molecule is COc1ccc2c3c1O[C@H]1[C@H](O)C(OS(=O)(=O)c4ccc(C)cc4)(OS(=O)(=O)c4ccc(C)cc4)C[C@H]4[C@@H](C2)N(C)CC[C@@]341. The molecule has 234 valence electrons. The molecule has 1 N–H and O–H groups in total. The molecule has 2 fully saturated rings. The molecule has 0 radical (unpaired) electrons. The van der Waals surface area contributed by atoms with E-state index in [-0.39, 0.29) is 28.2 Å². The van der Waals surface area contributed by atoms with Crippen molar-refractivity contribution >= 4 is 20.2 Å². The number of aliphatic hydroxyl groups is 1. The number of aryl methyl sites for hydroxylation is 2. The van der Waals surface area contributed by atoms with Crippen LogP contribution in [0.3, 0.4) is 0 Å². The Bertz CT molecular complexity index is 1760. The number of hydrogen-bond acceptors (Lipinski definition) is 10. The van der Waals surface area contributed by atoms with Crippen LogP contribution in [0.2, 0.25) is 0 Å². The molecule has 3 aromatic rings. The van der Waals surface area contributed by atoms with Crippen molar-refractivity contribution in [2.24, 2.45) is 5.92 Å². The molecular formula is C32H35NO9S2. The molecule has 0 amide bonds. The maximum Gasteiger partial charge on any atom is 0.299 e. The summed E-state index contributed by atoms with van der Waals surface area (Å²) in [6, 6.07) is 15.7. The number of likely N-dealkylation sites (tertiary alicyclic amines) is 1. The molecule has 0 unspecified atom stereocenters. The van der Waals surface area contributed by atoms with Gasteiger partial charge in [-0.25, -0.2) is 8.37 Å². The van der Waals surface area contributed by atoms with Crippen LogP contribution in [0.15, 0.2) is 70.5 Å². The van der Waals surface area contributed by atoms with Crippen LogP contribution in [0, 0.1) is 19.8 Å². The van der Waals surface area contributed by atoms with Crippen LogP contribution in [0.5, 0.6) is 11.5 Å². The molecule has 5 atom stereocenters. The number of piperidine rings is 1. The van der Waals surface area contributed by atoms with Gasteiger partial charge in [0, 0.05) is 23.4 Å². The Kier molecular flexibility index (Phi) is 6.75. The van der Waals surface area contributed by atoms with Crippen LogP contribution in [0.25, 0.3) is 0 Å². The van der Waals surface area contributed by atoms with E-state index < -0.39 is 43.6 Å². The highest BCUT2D eigenvalue weighted by Crippen LogP contribution is 2.66. The minimum atomic E-state index is -4.64. The Hall–Kier alpha value is -3.00. The summed E-state index contributed by atoms with van der Waals surface area (Å²) in [7, 11) is -5.74. The summed E-state index contributed by atoms with van der Waals surface area (Å²) < 4.78 is 79.5. The first kappa shape index (κ1) is 29.7. The van der Waals surface area contributed by atoms with Crippen LogP contribution in [-0.2, 0) is 40.4 Å². The summed E-state index contributed by atoms with van der Waals surface area (Å²) in [5, 5.41) is 12.3. The number of aliphatic hydroxyl groups excluding tert-OH is 1. The average Bonchev–Trinajstić information content (AvgIpc) is 3.32. The van der Waals surface area contributed by atoms with Crippen molar-refractivity contribution in [1.82, 2.24) is 4.90 Å². The summed E-state index contributed by atoms with van der Waals surface area (Å²) in [4.78, 5) is 1.82. The van der Waals surface area contributed by atoms with E-state index in [1.807, 2.05) is 33.0 Å². The van der Waals surface area contributed by atoms with Crippen molar-refractivity contribution in [2.45, 2.75) is 72.4 Å². The van der Waals surface area contributed by atoms with Gasteiger partial charge < -0.3 is 19.5 Å². The normalized spacial score (nSPS) is 28.7. The Morgan fingerprint density at radius 3 is 2.00 bits per heavy atom. The van der Waals surface area contributed by atoms with Gasteiger partial charge in [0.2, 0.25) is 5.79 Å². The summed E-state index contributed by atoms with van der Waals surface area (Å²) in [6.45, 7) is 4.34. The van der Waals surface area contributed by atoms with Gasteiger partial charge in [-0.05, 0) is 82.1 Å². The van der Waals surface area contributed by atoms with Crippen molar-refractivity contribution in [3.05, 3.63) is 82.9 Å². The quantitative estimate of drug-likeness (QED) is 0.303. The van der Waals surface area contributed by atoms with Gasteiger partial charge in [0.1, 0.15) is 12.2 Å². The van der Waals surface area contributed by atoms with Crippen LogP contribution in [0.1, 0.15) is 35.1 Å². The van der Waals surface area contributed by atoms with Crippen LogP contribution < -0.4 is 9.47 Å². The Balaban J connectivity index is 1.41. The van der Waals surface area contributed by atoms with Gasteiger partial charge in [-0.2, -0.15) is 16.8 Å². The van der Waals surface area contributed by atoms with E-state index in [4.69, 9.17) is 17.8 Å². The summed E-state index contributed by atoms with van der Waals surface area (Å²) in [5.41, 5.74) is 2.93. The Morgan fingerprint density at radius 1 is 0.886 bits per heavy atom. The van der Waals surface area contributed by atoms with Crippen molar-refractivity contribution in [2.75, 3.05) is 20.7 Å². The molecule has 1 saturated heterocycles. The first-order valence-corrected chi connectivity index (χ1v) is 17.4. The van der Waals surface area contributed by atoms with Gasteiger partial charge in [0.05, 0.1) is 16.9 Å². The van der Waals surface area contributed by atoms with Gasteiger partial charge in [-0.3, -0.25) is 0 Å². The van der Waals surface area contributed by atoms with E-state index in [1.54, 1.807) is 24.3 Å². The summed E-state index contributed by atoms with van der Waals surface area (Å²) in [5.74, 6) is -1.93. The number of methoxy groups -OCH3 is 1. The minimum Gasteiger partial charge on any atom is -0.493 e. The number of likely N-dealkylation sites (N-methyl/N-ethyl adjacent to an activating group) is 1. The molecule has 44 heavy (non-hydrogen) atoms. The molecule has 0 aromatic heterocycles. The highest BCUT2D eigenvalue weighted by molar-refractivity contribution is 7.87. The molecule has 1 saturated carbocycles. The third-order valence-electron chi connectivity index (χ3n) is 10.0. The monoisotopic (exact) mass is 641 g/mol. The Morgan fingerprint density at radius 2 is 1.45 bits per heavy atom. The van der Waals surface area contributed by atoms with Crippen LogP contribution in [0.4, 0.5) is 0 Å². The fraction of sp³-hybridized carbons (Fsp3) is 0.438. The maximum absolute atomic E-state index is 13.9. The lowest BCUT2D eigenvalue weighted by atomic mass is 9.50. The second-order valence-corrected chi connectivity index (χ2v) is 15.6. The molecule has 7 rings (SSSR count). The van der Waals surface area contributed by atoms with Crippen molar-refractivity contribution in [1.29, 1.82) is 0 Å². The van der Waals surface area contributed by atoms with Gasteiger partial charge in [0.25, 0.3) is 20.2 Å². The average molecular weight is 642 g/mol. The molecule has 2 bridgehead atoms. The predicted octanol–water partition coefficient (Wildman–Crippen LogP) is 3.46. The van der Waals surface area contributed by atoms with E-state index in [2.05, 4.69) is 4.90 Å². The zero-order chi connectivity index (χ0) is 31.2. The number of nitrogens with zero attached hydrogens (tertiary/aromatic N) is 1. The lowest BCUT2D eigenvalue weighted by Crippen LogP contribution is -2.73. The number of rotatable bonds is 7. The van der Waals surface area contributed by atoms with Gasteiger partial charge >= 0.3 is 0 Å². The smallest absolute Gasteiger partial charge is 0.299 e. The fourth-order valence-electron chi connectivity index (χ4n) is 7.87. The molecule has 2 heterocycles. The first-order chi connectivity index (χ1) is 20.8. The third kappa shape index (κ3) is 4.26. The highest BCUT2D eigenvalue weighted by Gasteiger charge is 2.73. The maximum atomic E-state index is 13.9. The molecule has 3 aromatic carbocycles. The second kappa shape index (κ2) is 10.0. The second-order valence-electron chi connectivity index (χ2n) is 12.5. The van der Waals surface area contributed by atoms with E-state index in [9.17, 15) is 21.9 Å². The van der Waals surface area contributed by atoms with Crippen LogP contribution in [-0.4, -0.2) is 71.6 Å². The van der Waals surface area contributed by atoms with Gasteiger partial charge in [0.15, 0.2) is 11.5 Å². The van der Waals surface area contributed by atoms with Gasteiger partial charge in [-0.1, -0.05) is 41.5 Å². The third-order valence-corrected chi connectivity index (χ3v) is 12.7. The minimum absolute atomic E-state index is 0.120.